The molecule has 0 fully saturated rings. The van der Waals surface area contributed by atoms with Crippen molar-refractivity contribution in [3.05, 3.63) is 29.8 Å². The molecule has 1 unspecified atom stereocenters. The third-order valence-corrected chi connectivity index (χ3v) is 4.12. The highest BCUT2D eigenvalue weighted by atomic mass is 31.2. The highest BCUT2D eigenvalue weighted by Gasteiger charge is 2.35. The van der Waals surface area contributed by atoms with Crippen LogP contribution in [0.3, 0.4) is 0 Å². The molecule has 0 saturated heterocycles. The van der Waals surface area contributed by atoms with Gasteiger partial charge in [0.2, 0.25) is 0 Å². The number of rotatable bonds is 9. The van der Waals surface area contributed by atoms with Crippen molar-refractivity contribution < 1.29 is 31.7 Å². The van der Waals surface area contributed by atoms with Gasteiger partial charge in [-0.3, -0.25) is 13.6 Å². The van der Waals surface area contributed by atoms with Crippen molar-refractivity contribution in [3.8, 4) is 5.75 Å². The molecule has 0 amide bonds. The molecular weight excluding hydrogens is 305 g/mol. The molecule has 0 bridgehead atoms. The normalized spacial score (nSPS) is 13.4. The van der Waals surface area contributed by atoms with Crippen LogP contribution < -0.4 is 4.74 Å². The molecule has 0 aliphatic rings. The molecule has 1 atom stereocenters. The SMILES string of the molecule is CCOP(=O)(OCC)OC(c1ccc(OC)cc1)C(F)F. The van der Waals surface area contributed by atoms with Crippen LogP contribution in [0.15, 0.2) is 24.3 Å². The Labute approximate surface area is 122 Å². The predicted octanol–water partition coefficient (Wildman–Crippen LogP) is 4.20. The summed E-state index contributed by atoms with van der Waals surface area (Å²) >= 11 is 0. The van der Waals surface area contributed by atoms with E-state index in [1.54, 1.807) is 13.8 Å². The van der Waals surface area contributed by atoms with E-state index in [2.05, 4.69) is 0 Å². The lowest BCUT2D eigenvalue weighted by Gasteiger charge is -2.23. The van der Waals surface area contributed by atoms with E-state index in [0.717, 1.165) is 0 Å². The average Bonchev–Trinajstić information content (AvgIpc) is 2.45. The Morgan fingerprint density at radius 1 is 1.10 bits per heavy atom. The van der Waals surface area contributed by atoms with Crippen LogP contribution in [0.2, 0.25) is 0 Å². The summed E-state index contributed by atoms with van der Waals surface area (Å²) in [6.45, 7) is 3.19. The van der Waals surface area contributed by atoms with Crippen molar-refractivity contribution in [1.82, 2.24) is 0 Å². The Bertz CT molecular complexity index is 456. The van der Waals surface area contributed by atoms with Crippen molar-refractivity contribution >= 4 is 7.82 Å². The Morgan fingerprint density at radius 2 is 1.62 bits per heavy atom. The van der Waals surface area contributed by atoms with E-state index in [0.29, 0.717) is 5.75 Å². The van der Waals surface area contributed by atoms with E-state index < -0.39 is 20.4 Å². The van der Waals surface area contributed by atoms with Gasteiger partial charge in [-0.1, -0.05) is 12.1 Å². The van der Waals surface area contributed by atoms with E-state index >= 15 is 0 Å². The highest BCUT2D eigenvalue weighted by Crippen LogP contribution is 2.54. The lowest BCUT2D eigenvalue weighted by atomic mass is 10.1. The fraction of sp³-hybridized carbons (Fsp3) is 0.538. The summed E-state index contributed by atoms with van der Waals surface area (Å²) in [5.41, 5.74) is 0.158. The third kappa shape index (κ3) is 5.36. The van der Waals surface area contributed by atoms with Crippen LogP contribution in [-0.4, -0.2) is 26.7 Å². The average molecular weight is 324 g/mol. The predicted molar refractivity (Wildman–Crippen MR) is 73.7 cm³/mol. The molecule has 0 aliphatic carbocycles. The van der Waals surface area contributed by atoms with Crippen LogP contribution in [0.5, 0.6) is 5.75 Å². The summed E-state index contributed by atoms with van der Waals surface area (Å²) in [5.74, 6) is 0.518. The molecule has 0 spiro atoms. The molecule has 0 aromatic heterocycles. The number of ether oxygens (including phenoxy) is 1. The molecule has 5 nitrogen and oxygen atoms in total. The first-order valence-corrected chi connectivity index (χ1v) is 7.91. The summed E-state index contributed by atoms with van der Waals surface area (Å²) in [6.07, 6.45) is -4.59. The Balaban J connectivity index is 2.97. The Morgan fingerprint density at radius 3 is 2.00 bits per heavy atom. The maximum atomic E-state index is 13.2. The number of phosphoric ester groups is 1. The maximum Gasteiger partial charge on any atom is 0.475 e. The van der Waals surface area contributed by atoms with Gasteiger partial charge < -0.3 is 4.74 Å². The van der Waals surface area contributed by atoms with Gasteiger partial charge in [0.1, 0.15) is 5.75 Å². The number of alkyl halides is 2. The smallest absolute Gasteiger partial charge is 0.475 e. The molecule has 0 heterocycles. The minimum Gasteiger partial charge on any atom is -0.497 e. The van der Waals surface area contributed by atoms with Gasteiger partial charge >= 0.3 is 7.82 Å². The van der Waals surface area contributed by atoms with Gasteiger partial charge in [0.15, 0.2) is 6.10 Å². The first-order valence-electron chi connectivity index (χ1n) is 6.45. The standard InChI is InChI=1S/C13H19F2O5P/c1-4-18-21(16,19-5-2)20-12(13(14)15)10-6-8-11(17-3)9-7-10/h6-9,12-13H,4-5H2,1-3H3. The van der Waals surface area contributed by atoms with E-state index in [9.17, 15) is 13.3 Å². The monoisotopic (exact) mass is 324 g/mol. The fourth-order valence-corrected chi connectivity index (χ4v) is 2.92. The van der Waals surface area contributed by atoms with Crippen LogP contribution >= 0.6 is 7.82 Å². The largest absolute Gasteiger partial charge is 0.497 e. The van der Waals surface area contributed by atoms with Gasteiger partial charge in [-0.05, 0) is 31.5 Å². The molecule has 0 saturated carbocycles. The quantitative estimate of drug-likeness (QED) is 0.637. The maximum absolute atomic E-state index is 13.2. The molecule has 1 rings (SSSR count). The van der Waals surface area contributed by atoms with Crippen molar-refractivity contribution in [2.45, 2.75) is 26.4 Å². The van der Waals surface area contributed by atoms with E-state index in [1.165, 1.54) is 31.4 Å². The zero-order valence-electron chi connectivity index (χ0n) is 12.1. The van der Waals surface area contributed by atoms with Crippen molar-refractivity contribution in [2.24, 2.45) is 0 Å². The van der Waals surface area contributed by atoms with E-state index in [-0.39, 0.29) is 18.8 Å². The van der Waals surface area contributed by atoms with Crippen LogP contribution in [0.4, 0.5) is 8.78 Å². The summed E-state index contributed by atoms with van der Waals surface area (Å²) in [6, 6.07) is 5.86. The second-order valence-electron chi connectivity index (χ2n) is 3.92. The number of benzene rings is 1. The summed E-state index contributed by atoms with van der Waals surface area (Å²) in [4.78, 5) is 0. The highest BCUT2D eigenvalue weighted by molar-refractivity contribution is 7.48. The van der Waals surface area contributed by atoms with Crippen LogP contribution in [-0.2, 0) is 18.1 Å². The van der Waals surface area contributed by atoms with Gasteiger partial charge in [0.05, 0.1) is 20.3 Å². The number of phosphoric acid groups is 1. The minimum atomic E-state index is -4.02. The molecule has 0 aliphatic heterocycles. The lowest BCUT2D eigenvalue weighted by molar-refractivity contribution is -0.0173. The van der Waals surface area contributed by atoms with Crippen LogP contribution in [0, 0.1) is 0 Å². The number of hydrogen-bond donors (Lipinski definition) is 0. The zero-order chi connectivity index (χ0) is 15.9. The fourth-order valence-electron chi connectivity index (χ4n) is 1.60. The van der Waals surface area contributed by atoms with Gasteiger partial charge in [0.25, 0.3) is 6.43 Å². The topological polar surface area (TPSA) is 54.0 Å². The van der Waals surface area contributed by atoms with Crippen molar-refractivity contribution in [1.29, 1.82) is 0 Å². The van der Waals surface area contributed by atoms with Gasteiger partial charge in [-0.25, -0.2) is 13.3 Å². The molecule has 1 aromatic rings. The van der Waals surface area contributed by atoms with Crippen LogP contribution in [0.1, 0.15) is 25.5 Å². The minimum absolute atomic E-state index is 0.0237. The zero-order valence-corrected chi connectivity index (χ0v) is 13.0. The van der Waals surface area contributed by atoms with E-state index in [1.807, 2.05) is 0 Å². The molecular formula is C13H19F2O5P. The number of halogens is 2. The number of methoxy groups -OCH3 is 1. The molecule has 120 valence electrons. The third-order valence-electron chi connectivity index (χ3n) is 2.49. The van der Waals surface area contributed by atoms with Crippen molar-refractivity contribution in [2.75, 3.05) is 20.3 Å². The first kappa shape index (κ1) is 18.0. The summed E-state index contributed by atoms with van der Waals surface area (Å²) < 4.78 is 58.2. The Kier molecular flexibility index (Phi) is 7.25. The Hall–Kier alpha value is -1.01. The van der Waals surface area contributed by atoms with Gasteiger partial charge in [-0.15, -0.1) is 0 Å². The molecule has 1 aromatic carbocycles. The molecule has 21 heavy (non-hydrogen) atoms. The summed E-state index contributed by atoms with van der Waals surface area (Å²) in [5, 5.41) is 0. The lowest BCUT2D eigenvalue weighted by Crippen LogP contribution is -2.14. The first-order chi connectivity index (χ1) is 9.95. The number of hydrogen-bond acceptors (Lipinski definition) is 5. The van der Waals surface area contributed by atoms with E-state index in [4.69, 9.17) is 18.3 Å². The van der Waals surface area contributed by atoms with Gasteiger partial charge in [-0.2, -0.15) is 0 Å². The second-order valence-corrected chi connectivity index (χ2v) is 5.54. The molecule has 0 N–H and O–H groups in total. The molecule has 8 heteroatoms. The van der Waals surface area contributed by atoms with Gasteiger partial charge in [0, 0.05) is 0 Å². The van der Waals surface area contributed by atoms with Crippen LogP contribution in [0.25, 0.3) is 0 Å². The second kappa shape index (κ2) is 8.44. The summed E-state index contributed by atoms with van der Waals surface area (Å²) in [7, 11) is -2.56. The van der Waals surface area contributed by atoms with Crippen molar-refractivity contribution in [3.63, 3.8) is 0 Å². The molecule has 0 radical (unpaired) electrons.